The molecule has 0 aliphatic carbocycles. The standard InChI is InChI=1S/C16H19N3O4/c1-2-23-16(20)14(17)10-13-7-5-9-18(13)11-12-6-3-4-8-15(12)19(21)22/h3-9,14H,2,10-11,17H2,1H3. The number of nitro benzene ring substituents is 1. The summed E-state index contributed by atoms with van der Waals surface area (Å²) < 4.78 is 6.75. The van der Waals surface area contributed by atoms with Crippen LogP contribution in [-0.2, 0) is 22.5 Å². The third kappa shape index (κ3) is 4.17. The van der Waals surface area contributed by atoms with E-state index in [0.717, 1.165) is 5.69 Å². The number of ether oxygens (including phenoxy) is 1. The third-order valence-corrected chi connectivity index (χ3v) is 3.47. The Balaban J connectivity index is 2.16. The van der Waals surface area contributed by atoms with Crippen LogP contribution >= 0.6 is 0 Å². The van der Waals surface area contributed by atoms with Crippen LogP contribution < -0.4 is 5.73 Å². The Hall–Kier alpha value is -2.67. The molecule has 2 rings (SSSR count). The van der Waals surface area contributed by atoms with Gasteiger partial charge in [-0.2, -0.15) is 0 Å². The largest absolute Gasteiger partial charge is 0.465 e. The number of esters is 1. The van der Waals surface area contributed by atoms with Crippen LogP contribution in [0.25, 0.3) is 0 Å². The molecule has 0 saturated heterocycles. The first-order chi connectivity index (χ1) is 11.0. The predicted octanol–water partition coefficient (Wildman–Crippen LogP) is 1.88. The summed E-state index contributed by atoms with van der Waals surface area (Å²) in [7, 11) is 0. The molecule has 1 unspecified atom stereocenters. The highest BCUT2D eigenvalue weighted by molar-refractivity contribution is 5.75. The molecule has 1 aromatic heterocycles. The molecule has 0 aliphatic heterocycles. The average Bonchev–Trinajstić information content (AvgIpc) is 2.94. The van der Waals surface area contributed by atoms with Gasteiger partial charge in [-0.25, -0.2) is 0 Å². The zero-order chi connectivity index (χ0) is 16.8. The Morgan fingerprint density at radius 1 is 1.35 bits per heavy atom. The molecule has 7 heteroatoms. The second kappa shape index (κ2) is 7.55. The molecule has 23 heavy (non-hydrogen) atoms. The van der Waals surface area contributed by atoms with Gasteiger partial charge >= 0.3 is 5.97 Å². The van der Waals surface area contributed by atoms with Gasteiger partial charge in [-0.3, -0.25) is 14.9 Å². The van der Waals surface area contributed by atoms with Gasteiger partial charge in [0.15, 0.2) is 0 Å². The van der Waals surface area contributed by atoms with Crippen molar-refractivity contribution >= 4 is 11.7 Å². The van der Waals surface area contributed by atoms with Crippen LogP contribution in [-0.4, -0.2) is 28.1 Å². The van der Waals surface area contributed by atoms with Crippen molar-refractivity contribution in [2.24, 2.45) is 5.73 Å². The number of aromatic nitrogens is 1. The monoisotopic (exact) mass is 317 g/mol. The van der Waals surface area contributed by atoms with Crippen molar-refractivity contribution in [3.63, 3.8) is 0 Å². The summed E-state index contributed by atoms with van der Waals surface area (Å²) in [6.45, 7) is 2.35. The van der Waals surface area contributed by atoms with Crippen LogP contribution in [0.15, 0.2) is 42.6 Å². The van der Waals surface area contributed by atoms with Crippen LogP contribution in [0.4, 0.5) is 5.69 Å². The van der Waals surface area contributed by atoms with E-state index < -0.39 is 16.9 Å². The van der Waals surface area contributed by atoms with E-state index in [4.69, 9.17) is 10.5 Å². The molecule has 0 radical (unpaired) electrons. The minimum absolute atomic E-state index is 0.0711. The molecule has 1 aromatic carbocycles. The van der Waals surface area contributed by atoms with E-state index in [1.54, 1.807) is 25.1 Å². The molecule has 2 N–H and O–H groups in total. The molecule has 0 aliphatic rings. The lowest BCUT2D eigenvalue weighted by atomic mass is 10.1. The summed E-state index contributed by atoms with van der Waals surface area (Å²) in [5.74, 6) is -0.453. The number of nitrogens with two attached hydrogens (primary N) is 1. The second-order valence-electron chi connectivity index (χ2n) is 5.08. The number of hydrogen-bond acceptors (Lipinski definition) is 5. The van der Waals surface area contributed by atoms with E-state index in [1.165, 1.54) is 6.07 Å². The van der Waals surface area contributed by atoms with E-state index >= 15 is 0 Å². The first kappa shape index (κ1) is 16.7. The maximum atomic E-state index is 11.6. The molecule has 0 fully saturated rings. The number of nitro groups is 1. The Bertz CT molecular complexity index is 696. The highest BCUT2D eigenvalue weighted by atomic mass is 16.6. The minimum atomic E-state index is -0.755. The fourth-order valence-electron chi connectivity index (χ4n) is 2.35. The van der Waals surface area contributed by atoms with E-state index in [9.17, 15) is 14.9 Å². The normalized spacial score (nSPS) is 11.9. The van der Waals surface area contributed by atoms with Gasteiger partial charge in [0.2, 0.25) is 0 Å². The lowest BCUT2D eigenvalue weighted by molar-refractivity contribution is -0.385. The maximum absolute atomic E-state index is 11.6. The van der Waals surface area contributed by atoms with Crippen molar-refractivity contribution in [1.82, 2.24) is 4.57 Å². The summed E-state index contributed by atoms with van der Waals surface area (Å²) >= 11 is 0. The van der Waals surface area contributed by atoms with Gasteiger partial charge < -0.3 is 15.0 Å². The summed E-state index contributed by atoms with van der Waals surface area (Å²) in [6, 6.07) is 9.49. The van der Waals surface area contributed by atoms with Crippen LogP contribution in [0.1, 0.15) is 18.2 Å². The van der Waals surface area contributed by atoms with E-state index in [2.05, 4.69) is 0 Å². The fourth-order valence-corrected chi connectivity index (χ4v) is 2.35. The Kier molecular flexibility index (Phi) is 5.48. The first-order valence-electron chi connectivity index (χ1n) is 7.31. The van der Waals surface area contributed by atoms with Crippen molar-refractivity contribution < 1.29 is 14.5 Å². The minimum Gasteiger partial charge on any atom is -0.465 e. The number of carbonyl (C=O) groups excluding carboxylic acids is 1. The number of benzene rings is 1. The van der Waals surface area contributed by atoms with Gasteiger partial charge in [-0.05, 0) is 19.1 Å². The molecule has 0 saturated carbocycles. The zero-order valence-corrected chi connectivity index (χ0v) is 12.8. The molecule has 1 atom stereocenters. The molecule has 0 amide bonds. The van der Waals surface area contributed by atoms with Gasteiger partial charge in [0.1, 0.15) is 6.04 Å². The van der Waals surface area contributed by atoms with Crippen molar-refractivity contribution in [3.05, 3.63) is 64.0 Å². The Morgan fingerprint density at radius 3 is 2.78 bits per heavy atom. The van der Waals surface area contributed by atoms with Gasteiger partial charge in [0.05, 0.1) is 18.1 Å². The van der Waals surface area contributed by atoms with Crippen molar-refractivity contribution in [2.75, 3.05) is 6.61 Å². The lowest BCUT2D eigenvalue weighted by Gasteiger charge is -2.13. The van der Waals surface area contributed by atoms with Gasteiger partial charge in [-0.15, -0.1) is 0 Å². The van der Waals surface area contributed by atoms with E-state index in [-0.39, 0.29) is 12.3 Å². The SMILES string of the molecule is CCOC(=O)C(N)Cc1cccn1Cc1ccccc1[N+](=O)[O-]. The van der Waals surface area contributed by atoms with E-state index in [0.29, 0.717) is 18.5 Å². The summed E-state index contributed by atoms with van der Waals surface area (Å²) in [4.78, 5) is 22.3. The smallest absolute Gasteiger partial charge is 0.323 e. The number of hydrogen-bond donors (Lipinski definition) is 1. The van der Waals surface area contributed by atoms with Crippen LogP contribution in [0.3, 0.4) is 0 Å². The van der Waals surface area contributed by atoms with Crippen LogP contribution in [0.2, 0.25) is 0 Å². The van der Waals surface area contributed by atoms with Crippen molar-refractivity contribution in [1.29, 1.82) is 0 Å². The highest BCUT2D eigenvalue weighted by Crippen LogP contribution is 2.20. The van der Waals surface area contributed by atoms with Crippen LogP contribution in [0, 0.1) is 10.1 Å². The first-order valence-corrected chi connectivity index (χ1v) is 7.31. The molecular weight excluding hydrogens is 298 g/mol. The van der Waals surface area contributed by atoms with Gasteiger partial charge in [0.25, 0.3) is 5.69 Å². The number of carbonyl (C=O) groups is 1. The fraction of sp³-hybridized carbons (Fsp3) is 0.312. The van der Waals surface area contributed by atoms with Gasteiger partial charge in [0, 0.05) is 29.9 Å². The summed E-state index contributed by atoms with van der Waals surface area (Å²) in [6.07, 6.45) is 2.12. The Labute approximate surface area is 133 Å². The molecule has 7 nitrogen and oxygen atoms in total. The molecule has 0 bridgehead atoms. The molecule has 1 heterocycles. The molecular formula is C16H19N3O4. The number of para-hydroxylation sites is 1. The molecule has 0 spiro atoms. The quantitative estimate of drug-likeness (QED) is 0.477. The molecule has 2 aromatic rings. The Morgan fingerprint density at radius 2 is 2.09 bits per heavy atom. The van der Waals surface area contributed by atoms with Crippen molar-refractivity contribution in [3.8, 4) is 0 Å². The number of rotatable bonds is 7. The van der Waals surface area contributed by atoms with Crippen LogP contribution in [0.5, 0.6) is 0 Å². The topological polar surface area (TPSA) is 100 Å². The van der Waals surface area contributed by atoms with E-state index in [1.807, 2.05) is 22.9 Å². The summed E-state index contributed by atoms with van der Waals surface area (Å²) in [5, 5.41) is 11.1. The lowest BCUT2D eigenvalue weighted by Crippen LogP contribution is -2.35. The average molecular weight is 317 g/mol. The highest BCUT2D eigenvalue weighted by Gasteiger charge is 2.18. The zero-order valence-electron chi connectivity index (χ0n) is 12.8. The molecule has 122 valence electrons. The second-order valence-corrected chi connectivity index (χ2v) is 5.08. The maximum Gasteiger partial charge on any atom is 0.323 e. The third-order valence-electron chi connectivity index (χ3n) is 3.47. The van der Waals surface area contributed by atoms with Crippen molar-refractivity contribution in [2.45, 2.75) is 25.9 Å². The summed E-state index contributed by atoms with van der Waals surface area (Å²) in [5.41, 5.74) is 7.33. The van der Waals surface area contributed by atoms with Gasteiger partial charge in [-0.1, -0.05) is 18.2 Å². The number of nitrogens with zero attached hydrogens (tertiary/aromatic N) is 2. The predicted molar refractivity (Wildman–Crippen MR) is 84.9 cm³/mol.